The predicted molar refractivity (Wildman–Crippen MR) is 121 cm³/mol. The molecule has 0 aliphatic rings. The lowest BCUT2D eigenvalue weighted by Gasteiger charge is -2.10. The van der Waals surface area contributed by atoms with Gasteiger partial charge in [0.15, 0.2) is 17.1 Å². The summed E-state index contributed by atoms with van der Waals surface area (Å²) in [6.07, 6.45) is 0. The molecule has 0 saturated heterocycles. The summed E-state index contributed by atoms with van der Waals surface area (Å²) in [5.74, 6) is 1.82. The van der Waals surface area contributed by atoms with Gasteiger partial charge in [0.1, 0.15) is 5.52 Å². The molecule has 1 amide bonds. The Kier molecular flexibility index (Phi) is 5.62. The van der Waals surface area contributed by atoms with Crippen molar-refractivity contribution in [2.75, 3.05) is 19.5 Å². The number of amides is 1. The summed E-state index contributed by atoms with van der Waals surface area (Å²) in [4.78, 5) is 17.3. The highest BCUT2D eigenvalue weighted by atomic mass is 16.5. The third-order valence-electron chi connectivity index (χ3n) is 5.12. The van der Waals surface area contributed by atoms with Crippen LogP contribution in [0, 0.1) is 0 Å². The fourth-order valence-electron chi connectivity index (χ4n) is 3.32. The standard InChI is InChI=1S/C25H24N2O4/c1-15(2)16-5-7-17(8-6-16)25-27-20-14-19(10-12-21(20)31-25)26-24(28)18-9-11-22(29-3)23(13-18)30-4/h5-15H,1-4H3,(H,26,28). The van der Waals surface area contributed by atoms with E-state index in [2.05, 4.69) is 36.3 Å². The minimum atomic E-state index is -0.256. The zero-order chi connectivity index (χ0) is 22.0. The van der Waals surface area contributed by atoms with Gasteiger partial charge in [-0.3, -0.25) is 4.79 Å². The smallest absolute Gasteiger partial charge is 0.255 e. The Bertz CT molecular complexity index is 1230. The Morgan fingerprint density at radius 2 is 1.68 bits per heavy atom. The Labute approximate surface area is 180 Å². The van der Waals surface area contributed by atoms with Crippen LogP contribution >= 0.6 is 0 Å². The SMILES string of the molecule is COc1ccc(C(=O)Nc2ccc3oc(-c4ccc(C(C)C)cc4)nc3c2)cc1OC. The first kappa shape index (κ1) is 20.5. The molecule has 0 fully saturated rings. The molecule has 4 aromatic rings. The van der Waals surface area contributed by atoms with Gasteiger partial charge in [0.05, 0.1) is 14.2 Å². The first-order chi connectivity index (χ1) is 15.0. The van der Waals surface area contributed by atoms with Gasteiger partial charge >= 0.3 is 0 Å². The average Bonchev–Trinajstić information content (AvgIpc) is 3.22. The third-order valence-corrected chi connectivity index (χ3v) is 5.12. The summed E-state index contributed by atoms with van der Waals surface area (Å²) < 4.78 is 16.4. The van der Waals surface area contributed by atoms with Crippen LogP contribution in [0.2, 0.25) is 0 Å². The number of oxazole rings is 1. The molecule has 0 saturated carbocycles. The van der Waals surface area contributed by atoms with Crippen molar-refractivity contribution in [3.63, 3.8) is 0 Å². The van der Waals surface area contributed by atoms with Crippen molar-refractivity contribution >= 4 is 22.7 Å². The van der Waals surface area contributed by atoms with Crippen LogP contribution in [-0.4, -0.2) is 25.1 Å². The molecule has 0 aliphatic carbocycles. The van der Waals surface area contributed by atoms with Crippen LogP contribution in [0.15, 0.2) is 65.1 Å². The minimum absolute atomic E-state index is 0.256. The van der Waals surface area contributed by atoms with Gasteiger partial charge in [0.2, 0.25) is 5.89 Å². The first-order valence-corrected chi connectivity index (χ1v) is 10.0. The highest BCUT2D eigenvalue weighted by molar-refractivity contribution is 6.05. The van der Waals surface area contributed by atoms with Crippen LogP contribution in [-0.2, 0) is 0 Å². The predicted octanol–water partition coefficient (Wildman–Crippen LogP) is 5.89. The number of fused-ring (bicyclic) bond motifs is 1. The number of benzene rings is 3. The van der Waals surface area contributed by atoms with Crippen LogP contribution in [0.5, 0.6) is 11.5 Å². The van der Waals surface area contributed by atoms with E-state index in [0.717, 1.165) is 5.56 Å². The molecule has 1 aromatic heterocycles. The molecule has 3 aromatic carbocycles. The Balaban J connectivity index is 1.56. The Morgan fingerprint density at radius 1 is 0.935 bits per heavy atom. The normalized spacial score (nSPS) is 11.0. The second kappa shape index (κ2) is 8.52. The van der Waals surface area contributed by atoms with E-state index in [1.165, 1.54) is 12.7 Å². The van der Waals surface area contributed by atoms with Crippen LogP contribution in [0.1, 0.15) is 35.7 Å². The van der Waals surface area contributed by atoms with E-state index in [9.17, 15) is 4.79 Å². The molecule has 31 heavy (non-hydrogen) atoms. The quantitative estimate of drug-likeness (QED) is 0.424. The molecule has 4 rings (SSSR count). The molecule has 6 heteroatoms. The zero-order valence-electron chi connectivity index (χ0n) is 17.9. The Hall–Kier alpha value is -3.80. The monoisotopic (exact) mass is 416 g/mol. The summed E-state index contributed by atoms with van der Waals surface area (Å²) >= 11 is 0. The van der Waals surface area contributed by atoms with Crippen LogP contribution in [0.3, 0.4) is 0 Å². The van der Waals surface area contributed by atoms with Gasteiger partial charge in [-0.05, 0) is 60.0 Å². The lowest BCUT2D eigenvalue weighted by atomic mass is 10.0. The van der Waals surface area contributed by atoms with E-state index in [1.54, 1.807) is 43.5 Å². The summed E-state index contributed by atoms with van der Waals surface area (Å²) in [6, 6.07) is 18.6. The van der Waals surface area contributed by atoms with Gasteiger partial charge in [0, 0.05) is 16.8 Å². The molecule has 6 nitrogen and oxygen atoms in total. The molecular weight excluding hydrogens is 392 g/mol. The van der Waals surface area contributed by atoms with E-state index in [4.69, 9.17) is 13.9 Å². The van der Waals surface area contributed by atoms with Crippen molar-refractivity contribution < 1.29 is 18.7 Å². The summed E-state index contributed by atoms with van der Waals surface area (Å²) in [6.45, 7) is 4.32. The van der Waals surface area contributed by atoms with Gasteiger partial charge in [-0.2, -0.15) is 0 Å². The maximum absolute atomic E-state index is 12.7. The van der Waals surface area contributed by atoms with Gasteiger partial charge in [-0.25, -0.2) is 4.98 Å². The number of nitrogens with zero attached hydrogens (tertiary/aromatic N) is 1. The fourth-order valence-corrected chi connectivity index (χ4v) is 3.32. The van der Waals surface area contributed by atoms with E-state index in [0.29, 0.717) is 45.7 Å². The zero-order valence-corrected chi connectivity index (χ0v) is 17.9. The fraction of sp³-hybridized carbons (Fsp3) is 0.200. The lowest BCUT2D eigenvalue weighted by Crippen LogP contribution is -2.12. The summed E-state index contributed by atoms with van der Waals surface area (Å²) in [5.41, 5.74) is 4.60. The van der Waals surface area contributed by atoms with Crippen molar-refractivity contribution in [3.05, 3.63) is 71.8 Å². The number of aromatic nitrogens is 1. The van der Waals surface area contributed by atoms with Crippen molar-refractivity contribution in [2.45, 2.75) is 19.8 Å². The van der Waals surface area contributed by atoms with Crippen LogP contribution < -0.4 is 14.8 Å². The first-order valence-electron chi connectivity index (χ1n) is 10.0. The topological polar surface area (TPSA) is 73.6 Å². The molecule has 1 heterocycles. The summed E-state index contributed by atoms with van der Waals surface area (Å²) in [7, 11) is 3.09. The number of ether oxygens (including phenoxy) is 2. The highest BCUT2D eigenvalue weighted by Crippen LogP contribution is 2.29. The number of hydrogen-bond acceptors (Lipinski definition) is 5. The van der Waals surface area contributed by atoms with Crippen molar-refractivity contribution in [2.24, 2.45) is 0 Å². The number of nitrogens with one attached hydrogen (secondary N) is 1. The maximum atomic E-state index is 12.7. The largest absolute Gasteiger partial charge is 0.493 e. The molecule has 158 valence electrons. The van der Waals surface area contributed by atoms with Crippen molar-refractivity contribution in [1.82, 2.24) is 4.98 Å². The molecule has 0 atom stereocenters. The molecular formula is C25H24N2O4. The second-order valence-corrected chi connectivity index (χ2v) is 7.50. The van der Waals surface area contributed by atoms with Crippen molar-refractivity contribution in [1.29, 1.82) is 0 Å². The average molecular weight is 416 g/mol. The molecule has 1 N–H and O–H groups in total. The molecule has 0 unspecified atom stereocenters. The molecule has 0 aliphatic heterocycles. The summed E-state index contributed by atoms with van der Waals surface area (Å²) in [5, 5.41) is 2.89. The second-order valence-electron chi connectivity index (χ2n) is 7.50. The van der Waals surface area contributed by atoms with Gasteiger partial charge in [0.25, 0.3) is 5.91 Å². The number of methoxy groups -OCH3 is 2. The van der Waals surface area contributed by atoms with Gasteiger partial charge in [-0.15, -0.1) is 0 Å². The molecule has 0 spiro atoms. The molecule has 0 bridgehead atoms. The maximum Gasteiger partial charge on any atom is 0.255 e. The molecule has 0 radical (unpaired) electrons. The number of carbonyl (C=O) groups is 1. The highest BCUT2D eigenvalue weighted by Gasteiger charge is 2.13. The van der Waals surface area contributed by atoms with Gasteiger partial charge < -0.3 is 19.2 Å². The third kappa shape index (κ3) is 4.23. The van der Waals surface area contributed by atoms with E-state index in [-0.39, 0.29) is 5.91 Å². The number of anilines is 1. The lowest BCUT2D eigenvalue weighted by molar-refractivity contribution is 0.102. The van der Waals surface area contributed by atoms with Crippen molar-refractivity contribution in [3.8, 4) is 23.0 Å². The Morgan fingerprint density at radius 3 is 2.35 bits per heavy atom. The van der Waals surface area contributed by atoms with E-state index >= 15 is 0 Å². The van der Waals surface area contributed by atoms with E-state index in [1.807, 2.05) is 12.1 Å². The van der Waals surface area contributed by atoms with Crippen LogP contribution in [0.4, 0.5) is 5.69 Å². The van der Waals surface area contributed by atoms with E-state index < -0.39 is 0 Å². The number of carbonyl (C=O) groups excluding carboxylic acids is 1. The number of hydrogen-bond donors (Lipinski definition) is 1. The minimum Gasteiger partial charge on any atom is -0.493 e. The van der Waals surface area contributed by atoms with Gasteiger partial charge in [-0.1, -0.05) is 26.0 Å². The van der Waals surface area contributed by atoms with Crippen LogP contribution in [0.25, 0.3) is 22.6 Å². The number of rotatable bonds is 6.